The van der Waals surface area contributed by atoms with Crippen LogP contribution in [0.5, 0.6) is 0 Å². The number of rotatable bonds is 4. The Morgan fingerprint density at radius 2 is 2.15 bits per heavy atom. The smallest absolute Gasteiger partial charge is 0.126 e. The number of aryl methyl sites for hydroxylation is 1. The van der Waals surface area contributed by atoms with Crippen LogP contribution < -0.4 is 5.32 Å². The Morgan fingerprint density at radius 1 is 1.35 bits per heavy atom. The van der Waals surface area contributed by atoms with Crippen LogP contribution in [0.15, 0.2) is 24.3 Å². The van der Waals surface area contributed by atoms with Crippen LogP contribution in [0.3, 0.4) is 0 Å². The number of nitrogens with zero attached hydrogens (tertiary/aromatic N) is 3. The number of para-hydroxylation sites is 2. The van der Waals surface area contributed by atoms with Crippen LogP contribution in [0.2, 0.25) is 0 Å². The Hall–Kier alpha value is -1.39. The van der Waals surface area contributed by atoms with E-state index >= 15 is 0 Å². The third-order valence-electron chi connectivity index (χ3n) is 4.54. The molecule has 2 atom stereocenters. The summed E-state index contributed by atoms with van der Waals surface area (Å²) in [5.74, 6) is 1.12. The first-order valence-corrected chi connectivity index (χ1v) is 7.52. The van der Waals surface area contributed by atoms with E-state index in [9.17, 15) is 0 Å². The molecule has 3 rings (SSSR count). The zero-order valence-corrected chi connectivity index (χ0v) is 12.6. The van der Waals surface area contributed by atoms with Crippen molar-refractivity contribution in [2.24, 2.45) is 7.05 Å². The van der Waals surface area contributed by atoms with Crippen molar-refractivity contribution >= 4 is 11.0 Å². The van der Waals surface area contributed by atoms with Gasteiger partial charge < -0.3 is 14.8 Å². The third kappa shape index (κ3) is 2.45. The summed E-state index contributed by atoms with van der Waals surface area (Å²) in [5, 5.41) is 3.65. The van der Waals surface area contributed by atoms with Crippen molar-refractivity contribution in [3.05, 3.63) is 30.1 Å². The highest BCUT2D eigenvalue weighted by molar-refractivity contribution is 5.75. The summed E-state index contributed by atoms with van der Waals surface area (Å²) in [6.07, 6.45) is 2.63. The van der Waals surface area contributed by atoms with Gasteiger partial charge in [-0.2, -0.15) is 0 Å². The van der Waals surface area contributed by atoms with Gasteiger partial charge in [0.2, 0.25) is 0 Å². The zero-order valence-electron chi connectivity index (χ0n) is 12.6. The van der Waals surface area contributed by atoms with Crippen molar-refractivity contribution in [1.82, 2.24) is 19.8 Å². The summed E-state index contributed by atoms with van der Waals surface area (Å²) < 4.78 is 2.20. The lowest BCUT2D eigenvalue weighted by Crippen LogP contribution is -2.37. The van der Waals surface area contributed by atoms with Crippen molar-refractivity contribution in [2.45, 2.75) is 31.8 Å². The maximum absolute atomic E-state index is 4.76. The molecule has 0 saturated carbocycles. The summed E-state index contributed by atoms with van der Waals surface area (Å²) in [6, 6.07) is 9.28. The minimum atomic E-state index is 0.279. The first-order chi connectivity index (χ1) is 9.66. The summed E-state index contributed by atoms with van der Waals surface area (Å²) in [4.78, 5) is 7.22. The number of aromatic nitrogens is 2. The van der Waals surface area contributed by atoms with Gasteiger partial charge in [-0.15, -0.1) is 0 Å². The number of hydrogen-bond donors (Lipinski definition) is 1. The molecular formula is C16H24N4. The average Bonchev–Trinajstić information content (AvgIpc) is 3.01. The molecule has 0 radical (unpaired) electrons. The molecule has 1 aliphatic heterocycles. The fourth-order valence-corrected chi connectivity index (χ4v) is 3.19. The predicted octanol–water partition coefficient (Wildman–Crippen LogP) is 2.32. The molecule has 1 fully saturated rings. The summed E-state index contributed by atoms with van der Waals surface area (Å²) in [6.45, 7) is 4.48. The molecule has 4 heteroatoms. The highest BCUT2D eigenvalue weighted by Gasteiger charge is 2.22. The average molecular weight is 272 g/mol. The zero-order chi connectivity index (χ0) is 14.1. The second-order valence-corrected chi connectivity index (χ2v) is 5.92. The van der Waals surface area contributed by atoms with Gasteiger partial charge in [0.15, 0.2) is 0 Å². The highest BCUT2D eigenvalue weighted by atomic mass is 15.2. The molecule has 2 heterocycles. The van der Waals surface area contributed by atoms with E-state index < -0.39 is 0 Å². The van der Waals surface area contributed by atoms with Gasteiger partial charge in [0.1, 0.15) is 5.82 Å². The van der Waals surface area contributed by atoms with Gasteiger partial charge in [-0.1, -0.05) is 12.1 Å². The Morgan fingerprint density at radius 3 is 2.85 bits per heavy atom. The third-order valence-corrected chi connectivity index (χ3v) is 4.54. The van der Waals surface area contributed by atoms with Crippen LogP contribution in [0.4, 0.5) is 0 Å². The molecule has 2 aromatic rings. The molecule has 4 nitrogen and oxygen atoms in total. The molecule has 1 aromatic heterocycles. The van der Waals surface area contributed by atoms with Gasteiger partial charge in [-0.25, -0.2) is 4.98 Å². The first-order valence-electron chi connectivity index (χ1n) is 7.52. The quantitative estimate of drug-likeness (QED) is 0.927. The Balaban J connectivity index is 1.72. The van der Waals surface area contributed by atoms with Crippen LogP contribution >= 0.6 is 0 Å². The van der Waals surface area contributed by atoms with Gasteiger partial charge in [0.05, 0.1) is 17.1 Å². The van der Waals surface area contributed by atoms with Crippen LogP contribution in [-0.4, -0.2) is 40.6 Å². The number of likely N-dealkylation sites (tertiary alicyclic amines) is 1. The summed E-state index contributed by atoms with van der Waals surface area (Å²) in [7, 11) is 4.32. The van der Waals surface area contributed by atoms with Crippen molar-refractivity contribution in [3.63, 3.8) is 0 Å². The molecule has 2 unspecified atom stereocenters. The monoisotopic (exact) mass is 272 g/mol. The molecule has 0 aliphatic carbocycles. The SMILES string of the molecule is CC(NCC1CCCN1C)c1nc2ccccc2n1C. The minimum Gasteiger partial charge on any atom is -0.330 e. The van der Waals surface area contributed by atoms with E-state index in [-0.39, 0.29) is 6.04 Å². The number of nitrogens with one attached hydrogen (secondary N) is 1. The molecular weight excluding hydrogens is 248 g/mol. The van der Waals surface area contributed by atoms with E-state index in [4.69, 9.17) is 4.98 Å². The maximum Gasteiger partial charge on any atom is 0.126 e. The summed E-state index contributed by atoms with van der Waals surface area (Å²) >= 11 is 0. The maximum atomic E-state index is 4.76. The first kappa shape index (κ1) is 13.6. The van der Waals surface area contributed by atoms with Crippen molar-refractivity contribution in [1.29, 1.82) is 0 Å². The number of likely N-dealkylation sites (N-methyl/N-ethyl adjacent to an activating group) is 1. The van der Waals surface area contributed by atoms with Crippen molar-refractivity contribution < 1.29 is 0 Å². The van der Waals surface area contributed by atoms with Gasteiger partial charge >= 0.3 is 0 Å². The second kappa shape index (κ2) is 5.54. The Kier molecular flexibility index (Phi) is 3.76. The lowest BCUT2D eigenvalue weighted by molar-refractivity contribution is 0.292. The van der Waals surface area contributed by atoms with Gasteiger partial charge in [-0.05, 0) is 45.5 Å². The van der Waals surface area contributed by atoms with Gasteiger partial charge in [0.25, 0.3) is 0 Å². The molecule has 1 aromatic carbocycles. The minimum absolute atomic E-state index is 0.279. The molecule has 0 bridgehead atoms. The molecule has 1 N–H and O–H groups in total. The van der Waals surface area contributed by atoms with E-state index in [0.717, 1.165) is 17.9 Å². The van der Waals surface area contributed by atoms with Crippen LogP contribution in [-0.2, 0) is 7.05 Å². The van der Waals surface area contributed by atoms with E-state index in [0.29, 0.717) is 6.04 Å². The van der Waals surface area contributed by atoms with E-state index in [2.05, 4.69) is 54.0 Å². The van der Waals surface area contributed by atoms with Crippen LogP contribution in [0.1, 0.15) is 31.6 Å². The van der Waals surface area contributed by atoms with E-state index in [1.165, 1.54) is 24.9 Å². The largest absolute Gasteiger partial charge is 0.330 e. The van der Waals surface area contributed by atoms with Gasteiger partial charge in [0, 0.05) is 19.6 Å². The number of imidazole rings is 1. The summed E-state index contributed by atoms with van der Waals surface area (Å²) in [5.41, 5.74) is 2.28. The van der Waals surface area contributed by atoms with E-state index in [1.54, 1.807) is 0 Å². The Bertz CT molecular complexity index is 589. The molecule has 0 amide bonds. The molecule has 108 valence electrons. The number of hydrogen-bond acceptors (Lipinski definition) is 3. The Labute approximate surface area is 120 Å². The molecule has 1 saturated heterocycles. The number of fused-ring (bicyclic) bond motifs is 1. The highest BCUT2D eigenvalue weighted by Crippen LogP contribution is 2.20. The standard InChI is InChI=1S/C16H24N4/c1-12(17-11-13-7-6-10-19(13)2)16-18-14-8-4-5-9-15(14)20(16)3/h4-5,8-9,12-13,17H,6-7,10-11H2,1-3H3. The predicted molar refractivity (Wildman–Crippen MR) is 82.8 cm³/mol. The lowest BCUT2D eigenvalue weighted by atomic mass is 10.2. The molecule has 1 aliphatic rings. The fraction of sp³-hybridized carbons (Fsp3) is 0.562. The van der Waals surface area contributed by atoms with Crippen LogP contribution in [0, 0.1) is 0 Å². The van der Waals surface area contributed by atoms with Crippen molar-refractivity contribution in [3.8, 4) is 0 Å². The normalized spacial score (nSPS) is 21.6. The topological polar surface area (TPSA) is 33.1 Å². The van der Waals surface area contributed by atoms with E-state index in [1.807, 2.05) is 6.07 Å². The molecule has 20 heavy (non-hydrogen) atoms. The van der Waals surface area contributed by atoms with Gasteiger partial charge in [-0.3, -0.25) is 0 Å². The van der Waals surface area contributed by atoms with Crippen LogP contribution in [0.25, 0.3) is 11.0 Å². The van der Waals surface area contributed by atoms with Crippen molar-refractivity contribution in [2.75, 3.05) is 20.1 Å². The second-order valence-electron chi connectivity index (χ2n) is 5.92. The fourth-order valence-electron chi connectivity index (χ4n) is 3.19. The number of benzene rings is 1. The lowest BCUT2D eigenvalue weighted by Gasteiger charge is -2.22. The molecule has 0 spiro atoms.